The van der Waals surface area contributed by atoms with Gasteiger partial charge in [0.05, 0.1) is 10.4 Å². The van der Waals surface area contributed by atoms with E-state index in [1.807, 2.05) is 24.3 Å². The molecule has 0 amide bonds. The molecular weight excluding hydrogens is 398 g/mol. The quantitative estimate of drug-likeness (QED) is 0.743. The van der Waals surface area contributed by atoms with Gasteiger partial charge in [0.25, 0.3) is 0 Å². The number of ether oxygens (including phenoxy) is 1. The van der Waals surface area contributed by atoms with Crippen LogP contribution < -0.4 is 4.74 Å². The van der Waals surface area contributed by atoms with Crippen molar-refractivity contribution in [2.45, 2.75) is 19.3 Å². The Bertz CT molecular complexity index is 714. The van der Waals surface area contributed by atoms with Crippen LogP contribution in [0.2, 0.25) is 0 Å². The van der Waals surface area contributed by atoms with Crippen molar-refractivity contribution < 1.29 is 14.6 Å². The lowest BCUT2D eigenvalue weighted by molar-refractivity contribution is -0.143. The lowest BCUT2D eigenvalue weighted by Crippen LogP contribution is -2.38. The molecule has 0 aliphatic carbocycles. The average Bonchev–Trinajstić information content (AvgIpc) is 2.65. The molecule has 0 unspecified atom stereocenters. The van der Waals surface area contributed by atoms with Crippen molar-refractivity contribution in [2.24, 2.45) is 5.92 Å². The second-order valence-corrected chi connectivity index (χ2v) is 7.36. The molecule has 1 aromatic carbocycles. The Kier molecular flexibility index (Phi) is 6.57. The fraction of sp³-hybridized carbons (Fsp3) is 0.421. The van der Waals surface area contributed by atoms with Crippen molar-refractivity contribution in [3.05, 3.63) is 52.5 Å². The largest absolute Gasteiger partial charge is 0.492 e. The van der Waals surface area contributed by atoms with Crippen molar-refractivity contribution >= 4 is 21.9 Å². The summed E-state index contributed by atoms with van der Waals surface area (Å²) < 4.78 is 6.68. The summed E-state index contributed by atoms with van der Waals surface area (Å²) in [5.74, 6) is 0.765. The van der Waals surface area contributed by atoms with Crippen LogP contribution in [-0.2, 0) is 11.2 Å². The maximum atomic E-state index is 11.0. The van der Waals surface area contributed by atoms with E-state index >= 15 is 0 Å². The number of likely N-dealkylation sites (tertiary alicyclic amines) is 1. The predicted molar refractivity (Wildman–Crippen MR) is 101 cm³/mol. The molecule has 3 rings (SSSR count). The first-order valence-electron chi connectivity index (χ1n) is 8.73. The average molecular weight is 420 g/mol. The van der Waals surface area contributed by atoms with E-state index in [1.165, 1.54) is 0 Å². The van der Waals surface area contributed by atoms with E-state index in [-0.39, 0.29) is 5.92 Å². The molecule has 0 saturated carbocycles. The zero-order chi connectivity index (χ0) is 18.4. The maximum absolute atomic E-state index is 11.0. The third kappa shape index (κ3) is 5.51. The van der Waals surface area contributed by atoms with Gasteiger partial charge in [-0.1, -0.05) is 12.1 Å². The van der Waals surface area contributed by atoms with Crippen LogP contribution in [0.4, 0.5) is 0 Å². The number of piperidine rings is 1. The number of carbonyl (C=O) groups is 1. The van der Waals surface area contributed by atoms with Gasteiger partial charge >= 0.3 is 5.97 Å². The first-order chi connectivity index (χ1) is 12.6. The second-order valence-electron chi connectivity index (χ2n) is 6.44. The Morgan fingerprint density at radius 3 is 2.46 bits per heavy atom. The van der Waals surface area contributed by atoms with Gasteiger partial charge in [-0.15, -0.1) is 0 Å². The van der Waals surface area contributed by atoms with Crippen molar-refractivity contribution in [3.8, 4) is 5.75 Å². The predicted octanol–water partition coefficient (Wildman–Crippen LogP) is 3.01. The molecule has 138 valence electrons. The number of aromatic nitrogens is 2. The number of nitrogens with zero attached hydrogens (tertiary/aromatic N) is 3. The molecule has 1 aromatic heterocycles. The number of aliphatic carboxylic acids is 1. The minimum Gasteiger partial charge on any atom is -0.492 e. The standard InChI is InChI=1S/C19H22BrN3O3/c20-16-12-21-18(22-13-16)11-14-1-3-17(4-2-14)26-10-9-23-7-5-15(6-8-23)19(24)25/h1-4,12-13,15H,5-11H2,(H,24,25). The number of carboxylic acid groups (broad SMARTS) is 1. The fourth-order valence-electron chi connectivity index (χ4n) is 3.01. The number of carboxylic acids is 1. The summed E-state index contributed by atoms with van der Waals surface area (Å²) >= 11 is 3.33. The Morgan fingerprint density at radius 1 is 1.19 bits per heavy atom. The molecule has 7 heteroatoms. The van der Waals surface area contributed by atoms with Crippen LogP contribution in [0.15, 0.2) is 41.1 Å². The molecule has 2 heterocycles. The maximum Gasteiger partial charge on any atom is 0.306 e. The number of rotatable bonds is 7. The summed E-state index contributed by atoms with van der Waals surface area (Å²) in [6.07, 6.45) is 5.63. The first-order valence-corrected chi connectivity index (χ1v) is 9.53. The molecule has 6 nitrogen and oxygen atoms in total. The summed E-state index contributed by atoms with van der Waals surface area (Å²) in [4.78, 5) is 21.8. The third-order valence-electron chi connectivity index (χ3n) is 4.57. The molecule has 2 aromatic rings. The van der Waals surface area contributed by atoms with Crippen LogP contribution >= 0.6 is 15.9 Å². The molecule has 1 fully saturated rings. The van der Waals surface area contributed by atoms with Gasteiger partial charge < -0.3 is 9.84 Å². The highest BCUT2D eigenvalue weighted by Gasteiger charge is 2.24. The molecular formula is C19H22BrN3O3. The van der Waals surface area contributed by atoms with E-state index in [2.05, 4.69) is 30.8 Å². The van der Waals surface area contributed by atoms with Gasteiger partial charge in [0.2, 0.25) is 0 Å². The third-order valence-corrected chi connectivity index (χ3v) is 4.98. The van der Waals surface area contributed by atoms with Crippen LogP contribution in [-0.4, -0.2) is 52.2 Å². The van der Waals surface area contributed by atoms with Crippen LogP contribution in [0.1, 0.15) is 24.2 Å². The summed E-state index contributed by atoms with van der Waals surface area (Å²) in [5, 5.41) is 9.02. The smallest absolute Gasteiger partial charge is 0.306 e. The van der Waals surface area contributed by atoms with E-state index in [4.69, 9.17) is 9.84 Å². The van der Waals surface area contributed by atoms with E-state index in [0.717, 1.165) is 54.1 Å². The normalized spacial score (nSPS) is 15.7. The minimum atomic E-state index is -0.672. The minimum absolute atomic E-state index is 0.186. The zero-order valence-electron chi connectivity index (χ0n) is 14.5. The van der Waals surface area contributed by atoms with Gasteiger partial charge in [-0.2, -0.15) is 0 Å². The Morgan fingerprint density at radius 2 is 1.85 bits per heavy atom. The van der Waals surface area contributed by atoms with Crippen molar-refractivity contribution in [1.29, 1.82) is 0 Å². The summed E-state index contributed by atoms with van der Waals surface area (Å²) in [7, 11) is 0. The van der Waals surface area contributed by atoms with E-state index in [9.17, 15) is 4.79 Å². The monoisotopic (exact) mass is 419 g/mol. The van der Waals surface area contributed by atoms with Gasteiger partial charge in [-0.25, -0.2) is 9.97 Å². The van der Waals surface area contributed by atoms with Crippen LogP contribution in [0.25, 0.3) is 0 Å². The van der Waals surface area contributed by atoms with Crippen LogP contribution in [0.3, 0.4) is 0 Å². The number of benzene rings is 1. The molecule has 0 bridgehead atoms. The highest BCUT2D eigenvalue weighted by molar-refractivity contribution is 9.10. The van der Waals surface area contributed by atoms with Crippen molar-refractivity contribution in [1.82, 2.24) is 14.9 Å². The number of hydrogen-bond acceptors (Lipinski definition) is 5. The van der Waals surface area contributed by atoms with E-state index in [0.29, 0.717) is 13.0 Å². The molecule has 1 N–H and O–H groups in total. The molecule has 1 aliphatic rings. The summed E-state index contributed by atoms with van der Waals surface area (Å²) in [6, 6.07) is 7.98. The van der Waals surface area contributed by atoms with Crippen molar-refractivity contribution in [3.63, 3.8) is 0 Å². The highest BCUT2D eigenvalue weighted by atomic mass is 79.9. The molecule has 26 heavy (non-hydrogen) atoms. The Hall–Kier alpha value is -1.99. The van der Waals surface area contributed by atoms with E-state index < -0.39 is 5.97 Å². The molecule has 1 saturated heterocycles. The number of halogens is 1. The van der Waals surface area contributed by atoms with Gasteiger partial charge in [-0.05, 0) is 59.6 Å². The molecule has 0 spiro atoms. The number of hydrogen-bond donors (Lipinski definition) is 1. The molecule has 0 atom stereocenters. The van der Waals surface area contributed by atoms with Gasteiger partial charge in [0.15, 0.2) is 0 Å². The molecule has 1 aliphatic heterocycles. The van der Waals surface area contributed by atoms with Gasteiger partial charge in [0.1, 0.15) is 18.2 Å². The second kappa shape index (κ2) is 9.09. The highest BCUT2D eigenvalue weighted by Crippen LogP contribution is 2.18. The fourth-order valence-corrected chi connectivity index (χ4v) is 3.22. The lowest BCUT2D eigenvalue weighted by atomic mass is 9.97. The van der Waals surface area contributed by atoms with Gasteiger partial charge in [0, 0.05) is 25.4 Å². The SMILES string of the molecule is O=C(O)C1CCN(CCOc2ccc(Cc3ncc(Br)cn3)cc2)CC1. The first kappa shape index (κ1) is 18.8. The van der Waals surface area contributed by atoms with Crippen molar-refractivity contribution in [2.75, 3.05) is 26.2 Å². The Labute approximate surface area is 161 Å². The molecule has 0 radical (unpaired) electrons. The lowest BCUT2D eigenvalue weighted by Gasteiger charge is -2.29. The summed E-state index contributed by atoms with van der Waals surface area (Å²) in [6.45, 7) is 3.08. The van der Waals surface area contributed by atoms with E-state index in [1.54, 1.807) is 12.4 Å². The van der Waals surface area contributed by atoms with Crippen LogP contribution in [0.5, 0.6) is 5.75 Å². The summed E-state index contributed by atoms with van der Waals surface area (Å²) in [5.41, 5.74) is 1.13. The zero-order valence-corrected chi connectivity index (χ0v) is 16.1. The topological polar surface area (TPSA) is 75.5 Å². The van der Waals surface area contributed by atoms with Crippen LogP contribution in [0, 0.1) is 5.92 Å². The Balaban J connectivity index is 1.40. The van der Waals surface area contributed by atoms with Gasteiger partial charge in [-0.3, -0.25) is 9.69 Å².